The number of nitrogens with zero attached hydrogens (tertiary/aromatic N) is 1. The van der Waals surface area contributed by atoms with Crippen LogP contribution in [0.3, 0.4) is 0 Å². The Morgan fingerprint density at radius 3 is 1.46 bits per heavy atom. The highest BCUT2D eigenvalue weighted by atomic mass is 31.2. The number of ether oxygens (including phenoxy) is 2. The first kappa shape index (κ1) is 55.2. The predicted octanol–water partition coefficient (Wildman–Crippen LogP) is 13.5. The zero-order valence-corrected chi connectivity index (χ0v) is 38.2. The molecule has 2 unspecified atom stereocenters. The van der Waals surface area contributed by atoms with Crippen molar-refractivity contribution >= 4 is 19.8 Å². The number of esters is 2. The summed E-state index contributed by atoms with van der Waals surface area (Å²) in [6, 6.07) is 0. The van der Waals surface area contributed by atoms with Gasteiger partial charge in [-0.1, -0.05) is 185 Å². The molecule has 334 valence electrons. The largest absolute Gasteiger partial charge is 0.472 e. The van der Waals surface area contributed by atoms with Crippen molar-refractivity contribution < 1.29 is 37.6 Å². The fourth-order valence-corrected chi connectivity index (χ4v) is 7.09. The molecule has 0 fully saturated rings. The lowest BCUT2D eigenvalue weighted by molar-refractivity contribution is -0.161. The summed E-state index contributed by atoms with van der Waals surface area (Å²) in [4.78, 5) is 37.1. The van der Waals surface area contributed by atoms with Gasteiger partial charge in [-0.25, -0.2) is 4.57 Å². The van der Waals surface area contributed by atoms with Crippen LogP contribution in [-0.4, -0.2) is 68.3 Å². The average Bonchev–Trinajstić information content (AvgIpc) is 3.18. The lowest BCUT2D eigenvalue weighted by Crippen LogP contribution is -2.29. The Morgan fingerprint density at radius 1 is 0.544 bits per heavy atom. The number of carbonyl (C=O) groups excluding carboxylic acids is 2. The highest BCUT2D eigenvalue weighted by molar-refractivity contribution is 7.47. The highest BCUT2D eigenvalue weighted by Gasteiger charge is 2.26. The molecule has 0 saturated carbocycles. The van der Waals surface area contributed by atoms with E-state index in [1.807, 2.05) is 19.0 Å². The van der Waals surface area contributed by atoms with Crippen molar-refractivity contribution in [2.45, 2.75) is 213 Å². The Morgan fingerprint density at radius 2 is 0.965 bits per heavy atom. The third-order valence-electron chi connectivity index (χ3n) is 9.95. The molecule has 0 aliphatic carbocycles. The van der Waals surface area contributed by atoms with Gasteiger partial charge in [-0.05, 0) is 59.0 Å². The fourth-order valence-electron chi connectivity index (χ4n) is 6.35. The van der Waals surface area contributed by atoms with Gasteiger partial charge in [-0.3, -0.25) is 18.6 Å². The van der Waals surface area contributed by atoms with Gasteiger partial charge in [0, 0.05) is 19.4 Å². The second-order valence-corrected chi connectivity index (χ2v) is 17.4. The van der Waals surface area contributed by atoms with Gasteiger partial charge in [0.25, 0.3) is 0 Å². The SMILES string of the molecule is CCCCCCCC/C=C\C/C=C\C/C=C\CCCC(=O)OC(COC(=O)CCCCCCCCCCCCCCCCCCC)COP(=O)(O)OCCN(C)C. The van der Waals surface area contributed by atoms with Gasteiger partial charge in [-0.2, -0.15) is 0 Å². The first-order chi connectivity index (χ1) is 27.7. The maximum Gasteiger partial charge on any atom is 0.472 e. The Labute approximate surface area is 350 Å². The van der Waals surface area contributed by atoms with Crippen LogP contribution in [-0.2, 0) is 32.7 Å². The number of phosphoric ester groups is 1. The summed E-state index contributed by atoms with van der Waals surface area (Å²) in [5, 5.41) is 0. The number of carbonyl (C=O) groups is 2. The lowest BCUT2D eigenvalue weighted by atomic mass is 10.0. The average molecular weight is 826 g/mol. The van der Waals surface area contributed by atoms with E-state index in [1.165, 1.54) is 128 Å². The molecule has 10 heteroatoms. The number of likely N-dealkylation sites (N-methyl/N-ethyl adjacent to an activating group) is 1. The first-order valence-corrected chi connectivity index (χ1v) is 24.8. The third kappa shape index (κ3) is 43.6. The van der Waals surface area contributed by atoms with Gasteiger partial charge >= 0.3 is 19.8 Å². The monoisotopic (exact) mass is 826 g/mol. The standard InChI is InChI=1S/C47H88NO8P/c1-5-7-9-11-13-15-17-19-21-23-25-27-29-31-33-35-37-39-46(49)53-43-45(44-55-57(51,52)54-42-41-48(3)4)56-47(50)40-38-36-34-32-30-28-26-24-22-20-18-16-14-12-10-8-6-2/h20,22,26,28,32,34,45H,5-19,21,23-25,27,29-31,33,35-44H2,1-4H3,(H,51,52)/b22-20-,28-26-,34-32-. The van der Waals surface area contributed by atoms with Crippen molar-refractivity contribution in [3.05, 3.63) is 36.5 Å². The Bertz CT molecular complexity index is 1050. The van der Waals surface area contributed by atoms with Gasteiger partial charge in [0.05, 0.1) is 13.2 Å². The molecule has 57 heavy (non-hydrogen) atoms. The molecule has 0 heterocycles. The first-order valence-electron chi connectivity index (χ1n) is 23.3. The smallest absolute Gasteiger partial charge is 0.462 e. The number of allylic oxidation sites excluding steroid dienone is 6. The predicted molar refractivity (Wildman–Crippen MR) is 238 cm³/mol. The van der Waals surface area contributed by atoms with E-state index in [-0.39, 0.29) is 32.0 Å². The minimum absolute atomic E-state index is 0.000753. The van der Waals surface area contributed by atoms with E-state index in [0.717, 1.165) is 44.9 Å². The molecule has 2 atom stereocenters. The second-order valence-electron chi connectivity index (χ2n) is 15.9. The summed E-state index contributed by atoms with van der Waals surface area (Å²) in [7, 11) is -0.732. The van der Waals surface area contributed by atoms with Gasteiger partial charge in [0.1, 0.15) is 6.61 Å². The summed E-state index contributed by atoms with van der Waals surface area (Å²) < 4.78 is 33.5. The number of phosphoric acid groups is 1. The summed E-state index contributed by atoms with van der Waals surface area (Å²) in [6.07, 6.45) is 46.3. The third-order valence-corrected chi connectivity index (χ3v) is 10.9. The molecule has 0 radical (unpaired) electrons. The van der Waals surface area contributed by atoms with Crippen molar-refractivity contribution in [1.29, 1.82) is 0 Å². The van der Waals surface area contributed by atoms with E-state index < -0.39 is 26.5 Å². The molecular weight excluding hydrogens is 737 g/mol. The molecule has 0 saturated heterocycles. The van der Waals surface area contributed by atoms with E-state index in [1.54, 1.807) is 0 Å². The quantitative estimate of drug-likeness (QED) is 0.0278. The van der Waals surface area contributed by atoms with Gasteiger partial charge in [0.15, 0.2) is 6.10 Å². The number of hydrogen-bond donors (Lipinski definition) is 1. The maximum atomic E-state index is 12.6. The molecule has 9 nitrogen and oxygen atoms in total. The molecule has 0 spiro atoms. The number of unbranched alkanes of at least 4 members (excludes halogenated alkanes) is 23. The van der Waals surface area contributed by atoms with Gasteiger partial charge < -0.3 is 19.3 Å². The fraction of sp³-hybridized carbons (Fsp3) is 0.830. The Kier molecular flexibility index (Phi) is 41.0. The minimum Gasteiger partial charge on any atom is -0.462 e. The molecule has 0 rings (SSSR count). The summed E-state index contributed by atoms with van der Waals surface area (Å²) in [6.45, 7) is 4.28. The van der Waals surface area contributed by atoms with E-state index in [0.29, 0.717) is 13.0 Å². The molecular formula is C47H88NO8P. The minimum atomic E-state index is -4.37. The molecule has 0 aliphatic heterocycles. The molecule has 1 N–H and O–H groups in total. The van der Waals surface area contributed by atoms with E-state index in [4.69, 9.17) is 18.5 Å². The molecule has 0 bridgehead atoms. The van der Waals surface area contributed by atoms with Crippen LogP contribution in [0.25, 0.3) is 0 Å². The van der Waals surface area contributed by atoms with E-state index >= 15 is 0 Å². The summed E-state index contributed by atoms with van der Waals surface area (Å²) in [5.74, 6) is -0.857. The lowest BCUT2D eigenvalue weighted by Gasteiger charge is -2.20. The van der Waals surface area contributed by atoms with E-state index in [9.17, 15) is 19.0 Å². The molecule has 0 amide bonds. The number of hydrogen-bond acceptors (Lipinski definition) is 8. The van der Waals surface area contributed by atoms with Crippen molar-refractivity contribution in [2.75, 3.05) is 40.5 Å². The maximum absolute atomic E-state index is 12.6. The van der Waals surface area contributed by atoms with Crippen LogP contribution >= 0.6 is 7.82 Å². The Balaban J connectivity index is 4.31. The van der Waals surface area contributed by atoms with Crippen LogP contribution in [0.2, 0.25) is 0 Å². The van der Waals surface area contributed by atoms with Crippen LogP contribution in [0.15, 0.2) is 36.5 Å². The molecule has 0 aromatic heterocycles. The summed E-state index contributed by atoms with van der Waals surface area (Å²) in [5.41, 5.74) is 0. The molecule has 0 aromatic carbocycles. The topological polar surface area (TPSA) is 112 Å². The van der Waals surface area contributed by atoms with Crippen molar-refractivity contribution in [3.8, 4) is 0 Å². The van der Waals surface area contributed by atoms with Crippen LogP contribution < -0.4 is 0 Å². The Hall–Kier alpha value is -1.77. The number of rotatable bonds is 43. The van der Waals surface area contributed by atoms with E-state index in [2.05, 4.69) is 50.3 Å². The normalized spacial score (nSPS) is 13.6. The van der Waals surface area contributed by atoms with Crippen molar-refractivity contribution in [3.63, 3.8) is 0 Å². The molecule has 0 aliphatic rings. The van der Waals surface area contributed by atoms with Crippen LogP contribution in [0.5, 0.6) is 0 Å². The second kappa shape index (κ2) is 42.4. The van der Waals surface area contributed by atoms with Crippen LogP contribution in [0, 0.1) is 0 Å². The van der Waals surface area contributed by atoms with Crippen molar-refractivity contribution in [1.82, 2.24) is 4.90 Å². The zero-order chi connectivity index (χ0) is 41.9. The van der Waals surface area contributed by atoms with Crippen LogP contribution in [0.1, 0.15) is 206 Å². The molecule has 0 aromatic rings. The highest BCUT2D eigenvalue weighted by Crippen LogP contribution is 2.43. The van der Waals surface area contributed by atoms with Gasteiger partial charge in [-0.15, -0.1) is 0 Å². The van der Waals surface area contributed by atoms with Gasteiger partial charge in [0.2, 0.25) is 0 Å². The summed E-state index contributed by atoms with van der Waals surface area (Å²) >= 11 is 0. The van der Waals surface area contributed by atoms with Crippen molar-refractivity contribution in [2.24, 2.45) is 0 Å². The van der Waals surface area contributed by atoms with Crippen LogP contribution in [0.4, 0.5) is 0 Å². The zero-order valence-electron chi connectivity index (χ0n) is 37.3.